The van der Waals surface area contributed by atoms with Crippen LogP contribution in [0, 0.1) is 10.8 Å². The predicted octanol–water partition coefficient (Wildman–Crippen LogP) is 37.8. The maximum absolute atomic E-state index is 14.7. The predicted molar refractivity (Wildman–Crippen MR) is 559 cm³/mol. The molecule has 0 radical (unpaired) electrons. The van der Waals surface area contributed by atoms with Gasteiger partial charge in [-0.05, 0) is 38.5 Å². The first kappa shape index (κ1) is 128. The molecule has 0 bridgehead atoms. The highest BCUT2D eigenvalue weighted by Gasteiger charge is 2.42. The largest absolute Gasteiger partial charge is 0.466 e. The minimum absolute atomic E-state index is 0.206. The topological polar surface area (TPSA) is 167 Å². The van der Waals surface area contributed by atoms with E-state index in [1.54, 1.807) is 0 Å². The van der Waals surface area contributed by atoms with Crippen LogP contribution in [-0.2, 0) is 61.9 Å². The Morgan fingerprint density at radius 1 is 0.137 bits per heavy atom. The molecule has 0 aromatic rings. The van der Waals surface area contributed by atoms with E-state index in [0.717, 1.165) is 116 Å². The van der Waals surface area contributed by atoms with Gasteiger partial charge in [-0.3, -0.25) is 28.8 Å². The molecular weight excluding hydrogens is 1630 g/mol. The monoisotopic (exact) mass is 1850 g/mol. The molecule has 0 saturated carbocycles. The normalized spacial score (nSPS) is 11.8. The zero-order chi connectivity index (χ0) is 95.0. The van der Waals surface area contributed by atoms with Crippen LogP contribution in [0.15, 0.2) is 0 Å². The second-order valence-electron chi connectivity index (χ2n) is 41.6. The van der Waals surface area contributed by atoms with Gasteiger partial charge >= 0.3 is 35.8 Å². The molecule has 0 aromatic carbocycles. The Labute approximate surface area is 814 Å². The molecule has 0 amide bonds. The first-order chi connectivity index (χ1) is 64.4. The van der Waals surface area contributed by atoms with Gasteiger partial charge in [-0.1, -0.05) is 581 Å². The molecule has 13 heteroatoms. The average molecular weight is 1850 g/mol. The fraction of sp³-hybridized carbons (Fsp3) is 0.949. The summed E-state index contributed by atoms with van der Waals surface area (Å²) >= 11 is 0. The third-order valence-corrected chi connectivity index (χ3v) is 28.0. The number of ether oxygens (including phenoxy) is 7. The second kappa shape index (κ2) is 106. The number of hydrogen-bond acceptors (Lipinski definition) is 13. The Morgan fingerprint density at radius 2 is 0.260 bits per heavy atom. The van der Waals surface area contributed by atoms with Crippen LogP contribution in [0.1, 0.15) is 658 Å². The highest BCUT2D eigenvalue weighted by atomic mass is 16.6. The van der Waals surface area contributed by atoms with Gasteiger partial charge in [0.25, 0.3) is 0 Å². The Balaban J connectivity index is 7.24. The number of carbonyl (C=O) groups excluding carboxylic acids is 6. The maximum Gasteiger partial charge on any atom is 0.306 e. The van der Waals surface area contributed by atoms with Crippen LogP contribution < -0.4 is 0 Å². The van der Waals surface area contributed by atoms with Crippen LogP contribution in [0.2, 0.25) is 0 Å². The molecule has 0 aliphatic carbocycles. The lowest BCUT2D eigenvalue weighted by Gasteiger charge is -2.35. The summed E-state index contributed by atoms with van der Waals surface area (Å²) in [6, 6.07) is 0. The zero-order valence-electron chi connectivity index (χ0n) is 88.8. The first-order valence-electron chi connectivity index (χ1n) is 59.0. The lowest BCUT2D eigenvalue weighted by Crippen LogP contribution is -2.45. The van der Waals surface area contributed by atoms with Crippen molar-refractivity contribution in [3.05, 3.63) is 0 Å². The van der Waals surface area contributed by atoms with E-state index in [-0.39, 0.29) is 91.4 Å². The van der Waals surface area contributed by atoms with Gasteiger partial charge in [0, 0.05) is 25.7 Å². The van der Waals surface area contributed by atoms with E-state index < -0.39 is 46.6 Å². The molecule has 0 aliphatic rings. The number of unbranched alkanes of at least 4 members (excludes halogenated alkanes) is 84. The number of rotatable bonds is 112. The lowest BCUT2D eigenvalue weighted by atomic mass is 9.85. The summed E-state index contributed by atoms with van der Waals surface area (Å²) in [5, 5.41) is 0. The van der Waals surface area contributed by atoms with Crippen molar-refractivity contribution in [1.29, 1.82) is 0 Å². The van der Waals surface area contributed by atoms with Crippen LogP contribution in [0.3, 0.4) is 0 Å². The Kier molecular flexibility index (Phi) is 103. The highest BCUT2D eigenvalue weighted by Crippen LogP contribution is 2.33. The van der Waals surface area contributed by atoms with Crippen LogP contribution in [0.25, 0.3) is 0 Å². The van der Waals surface area contributed by atoms with E-state index in [4.69, 9.17) is 33.2 Å². The molecule has 0 N–H and O–H groups in total. The summed E-state index contributed by atoms with van der Waals surface area (Å²) in [7, 11) is 0. The third kappa shape index (κ3) is 96.8. The van der Waals surface area contributed by atoms with Gasteiger partial charge in [0.15, 0.2) is 0 Å². The van der Waals surface area contributed by atoms with Crippen LogP contribution >= 0.6 is 0 Å². The summed E-state index contributed by atoms with van der Waals surface area (Å²) < 4.78 is 44.3. The van der Waals surface area contributed by atoms with Gasteiger partial charge in [-0.15, -0.1) is 0 Å². The lowest BCUT2D eigenvalue weighted by molar-refractivity contribution is -0.173. The number of hydrogen-bond donors (Lipinski definition) is 0. The van der Waals surface area contributed by atoms with Crippen molar-refractivity contribution in [2.24, 2.45) is 10.8 Å². The smallest absolute Gasteiger partial charge is 0.306 e. The quantitative estimate of drug-likeness (QED) is 0.0321. The molecule has 0 unspecified atom stereocenters. The fourth-order valence-electron chi connectivity index (χ4n) is 18.9. The average Bonchev–Trinajstić information content (AvgIpc) is 0.830. The van der Waals surface area contributed by atoms with Crippen molar-refractivity contribution in [3.8, 4) is 0 Å². The van der Waals surface area contributed by atoms with Crippen molar-refractivity contribution in [3.63, 3.8) is 0 Å². The van der Waals surface area contributed by atoms with E-state index in [1.807, 2.05) is 0 Å². The highest BCUT2D eigenvalue weighted by molar-refractivity contribution is 5.73. The van der Waals surface area contributed by atoms with E-state index >= 15 is 0 Å². The zero-order valence-corrected chi connectivity index (χ0v) is 88.8. The fourth-order valence-corrected chi connectivity index (χ4v) is 18.9. The van der Waals surface area contributed by atoms with Gasteiger partial charge in [-0.2, -0.15) is 0 Å². The summed E-state index contributed by atoms with van der Waals surface area (Å²) in [5.41, 5.74) is -2.84. The van der Waals surface area contributed by atoms with E-state index in [1.165, 1.54) is 424 Å². The number of carbonyl (C=O) groups is 6. The molecule has 0 aliphatic heterocycles. The van der Waals surface area contributed by atoms with Gasteiger partial charge in [0.05, 0.1) is 50.1 Å². The van der Waals surface area contributed by atoms with E-state index in [0.29, 0.717) is 38.5 Å². The van der Waals surface area contributed by atoms with Gasteiger partial charge in [-0.25, -0.2) is 0 Å². The van der Waals surface area contributed by atoms with Crippen molar-refractivity contribution < 1.29 is 61.9 Å². The van der Waals surface area contributed by atoms with Crippen LogP contribution in [0.5, 0.6) is 0 Å². The van der Waals surface area contributed by atoms with Crippen molar-refractivity contribution in [2.75, 3.05) is 52.9 Å². The molecule has 0 aromatic heterocycles. The first-order valence-corrected chi connectivity index (χ1v) is 59.0. The summed E-state index contributed by atoms with van der Waals surface area (Å²) in [6.45, 7) is 12.4. The molecule has 0 fully saturated rings. The second-order valence-corrected chi connectivity index (χ2v) is 41.6. The molecule has 0 spiro atoms. The molecular formula is C118H226O13. The molecule has 0 heterocycles. The van der Waals surface area contributed by atoms with E-state index in [9.17, 15) is 28.8 Å². The van der Waals surface area contributed by atoms with E-state index in [2.05, 4.69) is 41.5 Å². The molecule has 0 saturated heterocycles. The third-order valence-electron chi connectivity index (χ3n) is 28.0. The molecule has 0 atom stereocenters. The van der Waals surface area contributed by atoms with Crippen molar-refractivity contribution >= 4 is 35.8 Å². The molecule has 131 heavy (non-hydrogen) atoms. The molecule has 0 rings (SSSR count). The Morgan fingerprint density at radius 3 is 0.397 bits per heavy atom. The summed E-state index contributed by atoms with van der Waals surface area (Å²) in [6.07, 6.45) is 110. The maximum atomic E-state index is 14.7. The SMILES string of the molecule is CCCCCCCCCCCCCCCCCOC(=O)CC(COCC(COC(=O)CCCCCCCCCCCCCCCCC)(COC(=O)CCCCCCCCCCCCCCCCC)CC(=O)OCCCCCCCCCCCCCCCCC)(COC(=O)CCCCCCCCCCCCCCCCC)COC(=O)CCCCCCCCCCCCCCCCC. The summed E-state index contributed by atoms with van der Waals surface area (Å²) in [4.78, 5) is 86.0. The minimum Gasteiger partial charge on any atom is -0.466 e. The molecule has 13 nitrogen and oxygen atoms in total. The Bertz CT molecular complexity index is 2100. The van der Waals surface area contributed by atoms with Gasteiger partial charge in [0.1, 0.15) is 26.4 Å². The summed E-state index contributed by atoms with van der Waals surface area (Å²) in [5.74, 6) is -2.60. The van der Waals surface area contributed by atoms with Crippen molar-refractivity contribution in [1.82, 2.24) is 0 Å². The molecule has 776 valence electrons. The van der Waals surface area contributed by atoms with Crippen LogP contribution in [0.4, 0.5) is 0 Å². The number of esters is 6. The van der Waals surface area contributed by atoms with Gasteiger partial charge in [0.2, 0.25) is 0 Å². The minimum atomic E-state index is -1.42. The van der Waals surface area contributed by atoms with Crippen molar-refractivity contribution in [2.45, 2.75) is 658 Å². The van der Waals surface area contributed by atoms with Gasteiger partial charge < -0.3 is 33.2 Å². The standard InChI is InChI=1S/C118H226O13/c1-7-13-19-25-31-37-43-49-55-61-67-73-79-85-91-97-111(119)128-107-117(103-115(123)126-101-95-89-83-77-71-65-59-53-47-41-35-29-23-17-11-5,108-129-112(120)98-92-86-80-74-68-62-56-50-44-38-32-26-20-14-8-2)105-125-106-118(104-116(124)127-102-96-90-84-78-72-66-60-54-48-42-36-30-24-18-12-6,109-130-113(121)99-93-87-81-75-69-63-57-51-45-39-33-27-21-15-9-3)110-131-114(122)100-94-88-82-76-70-64-58-52-46-40-34-28-22-16-10-4/h7-110H2,1-6H3. The van der Waals surface area contributed by atoms with Crippen LogP contribution in [-0.4, -0.2) is 88.7 Å². The Hall–Kier alpha value is -3.22.